The highest BCUT2D eigenvalue weighted by Gasteiger charge is 2.13. The molecule has 1 N–H and O–H groups in total. The number of thioether (sulfide) groups is 1. The van der Waals surface area contributed by atoms with Gasteiger partial charge in [0.2, 0.25) is 5.91 Å². The zero-order valence-corrected chi connectivity index (χ0v) is 14.4. The minimum atomic E-state index is -0.306. The van der Waals surface area contributed by atoms with Crippen molar-refractivity contribution in [2.45, 2.75) is 17.1 Å². The van der Waals surface area contributed by atoms with Crippen LogP contribution < -0.4 is 14.8 Å². The monoisotopic (exact) mass is 349 g/mol. The summed E-state index contributed by atoms with van der Waals surface area (Å²) in [4.78, 5) is 13.1. The molecular formula is C18H20FNO3S. The van der Waals surface area contributed by atoms with Crippen molar-refractivity contribution in [3.05, 3.63) is 54.3 Å². The van der Waals surface area contributed by atoms with E-state index in [1.54, 1.807) is 19.2 Å². The van der Waals surface area contributed by atoms with Crippen LogP contribution in [0.1, 0.15) is 6.92 Å². The van der Waals surface area contributed by atoms with Gasteiger partial charge in [-0.1, -0.05) is 0 Å². The predicted molar refractivity (Wildman–Crippen MR) is 93.2 cm³/mol. The lowest BCUT2D eigenvalue weighted by atomic mass is 10.3. The Labute approximate surface area is 145 Å². The minimum absolute atomic E-state index is 0.0569. The predicted octanol–water partition coefficient (Wildman–Crippen LogP) is 3.51. The summed E-state index contributed by atoms with van der Waals surface area (Å²) in [5.74, 6) is 0.999. The summed E-state index contributed by atoms with van der Waals surface area (Å²) in [5, 5.41) is 2.61. The number of rotatable bonds is 8. The third-order valence-electron chi connectivity index (χ3n) is 3.23. The van der Waals surface area contributed by atoms with Crippen molar-refractivity contribution in [1.29, 1.82) is 0 Å². The lowest BCUT2D eigenvalue weighted by molar-refractivity contribution is -0.120. The molecule has 0 saturated carbocycles. The zero-order chi connectivity index (χ0) is 17.4. The number of nitrogens with one attached hydrogen (secondary N) is 1. The van der Waals surface area contributed by atoms with Gasteiger partial charge in [0, 0.05) is 4.90 Å². The van der Waals surface area contributed by atoms with Gasteiger partial charge in [-0.2, -0.15) is 0 Å². The maximum absolute atomic E-state index is 12.8. The van der Waals surface area contributed by atoms with Gasteiger partial charge in [0.15, 0.2) is 0 Å². The molecule has 1 atom stereocenters. The normalized spacial score (nSPS) is 11.6. The van der Waals surface area contributed by atoms with Gasteiger partial charge in [-0.05, 0) is 55.5 Å². The van der Waals surface area contributed by atoms with Gasteiger partial charge < -0.3 is 14.8 Å². The standard InChI is InChI=1S/C18H20FNO3S/c1-13(24-17-9-7-15(22-2)8-10-17)18(21)20-11-12-23-16-5-3-14(19)4-6-16/h3-10,13H,11-12H2,1-2H3,(H,20,21). The topological polar surface area (TPSA) is 47.6 Å². The molecule has 0 aliphatic heterocycles. The van der Waals surface area contributed by atoms with Crippen LogP contribution in [-0.4, -0.2) is 31.4 Å². The molecule has 24 heavy (non-hydrogen) atoms. The first-order valence-corrected chi connectivity index (χ1v) is 8.43. The van der Waals surface area contributed by atoms with E-state index in [9.17, 15) is 9.18 Å². The first-order valence-electron chi connectivity index (χ1n) is 7.55. The van der Waals surface area contributed by atoms with E-state index in [-0.39, 0.29) is 17.0 Å². The highest BCUT2D eigenvalue weighted by Crippen LogP contribution is 2.25. The van der Waals surface area contributed by atoms with E-state index < -0.39 is 0 Å². The molecule has 128 valence electrons. The Bertz CT molecular complexity index is 646. The average molecular weight is 349 g/mol. The number of ether oxygens (including phenoxy) is 2. The Morgan fingerprint density at radius 1 is 1.12 bits per heavy atom. The van der Waals surface area contributed by atoms with Crippen molar-refractivity contribution < 1.29 is 18.7 Å². The SMILES string of the molecule is COc1ccc(SC(C)C(=O)NCCOc2ccc(F)cc2)cc1. The van der Waals surface area contributed by atoms with E-state index >= 15 is 0 Å². The molecule has 0 fully saturated rings. The van der Waals surface area contributed by atoms with Crippen LogP contribution in [0.2, 0.25) is 0 Å². The molecule has 0 radical (unpaired) electrons. The maximum atomic E-state index is 12.8. The summed E-state index contributed by atoms with van der Waals surface area (Å²) in [6, 6.07) is 13.4. The number of carbonyl (C=O) groups is 1. The molecule has 2 aromatic carbocycles. The number of hydrogen-bond acceptors (Lipinski definition) is 4. The van der Waals surface area contributed by atoms with E-state index in [0.29, 0.717) is 18.9 Å². The lowest BCUT2D eigenvalue weighted by Gasteiger charge is -2.13. The fourth-order valence-corrected chi connectivity index (χ4v) is 2.82. The van der Waals surface area contributed by atoms with Crippen LogP contribution in [0.5, 0.6) is 11.5 Å². The summed E-state index contributed by atoms with van der Waals surface area (Å²) >= 11 is 1.48. The molecule has 0 saturated heterocycles. The summed E-state index contributed by atoms with van der Waals surface area (Å²) in [6.45, 7) is 2.58. The van der Waals surface area contributed by atoms with Gasteiger partial charge in [0.1, 0.15) is 23.9 Å². The molecular weight excluding hydrogens is 329 g/mol. The highest BCUT2D eigenvalue weighted by molar-refractivity contribution is 8.00. The van der Waals surface area contributed by atoms with Crippen LogP contribution in [0.25, 0.3) is 0 Å². The van der Waals surface area contributed by atoms with E-state index in [2.05, 4.69) is 5.32 Å². The Balaban J connectivity index is 1.70. The molecule has 2 aromatic rings. The first kappa shape index (κ1) is 18.1. The van der Waals surface area contributed by atoms with Gasteiger partial charge in [-0.25, -0.2) is 4.39 Å². The number of hydrogen-bond donors (Lipinski definition) is 1. The molecule has 0 aliphatic carbocycles. The summed E-state index contributed by atoms with van der Waals surface area (Å²) in [6.07, 6.45) is 0. The fourth-order valence-electron chi connectivity index (χ4n) is 1.93. The van der Waals surface area contributed by atoms with Crippen molar-refractivity contribution in [2.24, 2.45) is 0 Å². The Hall–Kier alpha value is -2.21. The highest BCUT2D eigenvalue weighted by atomic mass is 32.2. The van der Waals surface area contributed by atoms with Crippen molar-refractivity contribution in [3.63, 3.8) is 0 Å². The molecule has 4 nitrogen and oxygen atoms in total. The molecule has 0 aromatic heterocycles. The van der Waals surface area contributed by atoms with Crippen molar-refractivity contribution >= 4 is 17.7 Å². The largest absolute Gasteiger partial charge is 0.497 e. The Morgan fingerprint density at radius 2 is 1.75 bits per heavy atom. The van der Waals surface area contributed by atoms with Crippen molar-refractivity contribution in [1.82, 2.24) is 5.32 Å². The quantitative estimate of drug-likeness (QED) is 0.585. The fraction of sp³-hybridized carbons (Fsp3) is 0.278. The maximum Gasteiger partial charge on any atom is 0.233 e. The van der Waals surface area contributed by atoms with Crippen LogP contribution in [0, 0.1) is 5.82 Å². The van der Waals surface area contributed by atoms with Gasteiger partial charge >= 0.3 is 0 Å². The summed E-state index contributed by atoms with van der Waals surface area (Å²) in [7, 11) is 1.62. The van der Waals surface area contributed by atoms with Crippen LogP contribution in [0.3, 0.4) is 0 Å². The Morgan fingerprint density at radius 3 is 2.38 bits per heavy atom. The molecule has 2 rings (SSSR count). The van der Waals surface area contributed by atoms with Crippen LogP contribution in [0.15, 0.2) is 53.4 Å². The summed E-state index contributed by atoms with van der Waals surface area (Å²) < 4.78 is 23.3. The second kappa shape index (κ2) is 9.17. The van der Waals surface area contributed by atoms with E-state index in [1.165, 1.54) is 23.9 Å². The number of amides is 1. The minimum Gasteiger partial charge on any atom is -0.497 e. The van der Waals surface area contributed by atoms with Crippen LogP contribution in [0.4, 0.5) is 4.39 Å². The smallest absolute Gasteiger partial charge is 0.233 e. The molecule has 0 spiro atoms. The van der Waals surface area contributed by atoms with Crippen LogP contribution in [-0.2, 0) is 4.79 Å². The number of methoxy groups -OCH3 is 1. The number of halogens is 1. The lowest BCUT2D eigenvalue weighted by Crippen LogP contribution is -2.33. The molecule has 1 amide bonds. The number of carbonyl (C=O) groups excluding carboxylic acids is 1. The van der Waals surface area contributed by atoms with E-state index in [4.69, 9.17) is 9.47 Å². The third kappa shape index (κ3) is 5.77. The first-order chi connectivity index (χ1) is 11.6. The Kier molecular flexibility index (Phi) is 6.93. The second-order valence-corrected chi connectivity index (χ2v) is 6.44. The zero-order valence-electron chi connectivity index (χ0n) is 13.6. The molecule has 0 heterocycles. The molecule has 6 heteroatoms. The van der Waals surface area contributed by atoms with Gasteiger partial charge in [-0.15, -0.1) is 11.8 Å². The average Bonchev–Trinajstić information content (AvgIpc) is 2.60. The molecule has 1 unspecified atom stereocenters. The second-order valence-electron chi connectivity index (χ2n) is 5.03. The van der Waals surface area contributed by atoms with E-state index in [0.717, 1.165) is 10.6 Å². The van der Waals surface area contributed by atoms with Gasteiger partial charge in [-0.3, -0.25) is 4.79 Å². The number of benzene rings is 2. The van der Waals surface area contributed by atoms with Gasteiger partial charge in [0.25, 0.3) is 0 Å². The van der Waals surface area contributed by atoms with E-state index in [1.807, 2.05) is 31.2 Å². The van der Waals surface area contributed by atoms with Crippen molar-refractivity contribution in [2.75, 3.05) is 20.3 Å². The third-order valence-corrected chi connectivity index (χ3v) is 4.34. The van der Waals surface area contributed by atoms with Crippen molar-refractivity contribution in [3.8, 4) is 11.5 Å². The van der Waals surface area contributed by atoms with Crippen LogP contribution >= 0.6 is 11.8 Å². The summed E-state index contributed by atoms with van der Waals surface area (Å²) in [5.41, 5.74) is 0. The van der Waals surface area contributed by atoms with Gasteiger partial charge in [0.05, 0.1) is 18.9 Å². The molecule has 0 aliphatic rings. The molecule has 0 bridgehead atoms.